The van der Waals surface area contributed by atoms with Gasteiger partial charge in [-0.3, -0.25) is 4.79 Å². The fraction of sp³-hybridized carbons (Fsp3) is 0.524. The lowest BCUT2D eigenvalue weighted by Gasteiger charge is -2.15. The van der Waals surface area contributed by atoms with Crippen LogP contribution in [0.2, 0.25) is 0 Å². The van der Waals surface area contributed by atoms with Crippen LogP contribution >= 0.6 is 0 Å². The Morgan fingerprint density at radius 2 is 1.97 bits per heavy atom. The highest BCUT2D eigenvalue weighted by Crippen LogP contribution is 2.13. The lowest BCUT2D eigenvalue weighted by Crippen LogP contribution is -2.34. The van der Waals surface area contributed by atoms with Crippen LogP contribution in [-0.2, 0) is 19.0 Å². The molecule has 1 atom stereocenters. The number of amides is 2. The molecule has 1 heterocycles. The van der Waals surface area contributed by atoms with Crippen molar-refractivity contribution in [3.8, 4) is 0 Å². The van der Waals surface area contributed by atoms with Crippen molar-refractivity contribution >= 4 is 12.0 Å². The third-order valence-corrected chi connectivity index (χ3v) is 3.61. The fourth-order valence-corrected chi connectivity index (χ4v) is 2.31. The zero-order chi connectivity index (χ0) is 22.2. The number of carbonyl (C=O) groups excluding carboxylic acids is 2. The molecule has 1 saturated heterocycles. The minimum atomic E-state index is -0.615. The first kappa shape index (κ1) is 26.4. The average molecular weight is 415 g/mol. The highest BCUT2D eigenvalue weighted by Gasteiger charge is 2.27. The molecule has 1 rings (SSSR count). The van der Waals surface area contributed by atoms with Crippen molar-refractivity contribution in [1.82, 2.24) is 10.2 Å². The predicted octanol–water partition coefficient (Wildman–Crippen LogP) is 3.75. The number of nitrogens with zero attached hydrogens (tertiary/aromatic N) is 1. The molecule has 29 heavy (non-hydrogen) atoms. The van der Waals surface area contributed by atoms with Gasteiger partial charge in [0.25, 0.3) is 0 Å². The van der Waals surface area contributed by atoms with Crippen molar-refractivity contribution in [1.29, 1.82) is 0 Å². The van der Waals surface area contributed by atoms with Gasteiger partial charge in [-0.15, -0.1) is 0 Å². The van der Waals surface area contributed by atoms with Gasteiger partial charge in [0.15, 0.2) is 0 Å². The van der Waals surface area contributed by atoms with Gasteiger partial charge in [-0.05, 0) is 18.6 Å². The zero-order valence-corrected chi connectivity index (χ0v) is 17.7. The number of hydrogen-bond donors (Lipinski definition) is 1. The molecule has 1 aliphatic heterocycles. The number of nitrogens with one attached hydrogen (secondary N) is 1. The first-order valence-electron chi connectivity index (χ1n) is 9.61. The Morgan fingerprint density at radius 1 is 1.28 bits per heavy atom. The van der Waals surface area contributed by atoms with Gasteiger partial charge < -0.3 is 24.4 Å². The van der Waals surface area contributed by atoms with Crippen LogP contribution in [0.5, 0.6) is 0 Å². The molecule has 0 radical (unpaired) electrons. The van der Waals surface area contributed by atoms with Crippen LogP contribution < -0.4 is 5.32 Å². The van der Waals surface area contributed by atoms with Crippen LogP contribution in [0.4, 0.5) is 9.18 Å². The van der Waals surface area contributed by atoms with Crippen LogP contribution in [0.15, 0.2) is 49.0 Å². The Morgan fingerprint density at radius 3 is 2.55 bits per heavy atom. The number of allylic oxidation sites excluding steroid dienone is 3. The normalized spacial score (nSPS) is 15.7. The predicted molar refractivity (Wildman–Crippen MR) is 113 cm³/mol. The lowest BCUT2D eigenvalue weighted by atomic mass is 10.2. The molecule has 7 nitrogen and oxygen atoms in total. The van der Waals surface area contributed by atoms with E-state index >= 15 is 0 Å². The van der Waals surface area contributed by atoms with Gasteiger partial charge in [-0.25, -0.2) is 9.18 Å². The molecule has 0 aromatic carbocycles. The quantitative estimate of drug-likeness (QED) is 0.241. The minimum Gasteiger partial charge on any atom is -0.491 e. The number of ether oxygens (including phenoxy) is 3. The van der Waals surface area contributed by atoms with Gasteiger partial charge >= 0.3 is 6.09 Å². The van der Waals surface area contributed by atoms with Crippen LogP contribution in [0.25, 0.3) is 0 Å². The van der Waals surface area contributed by atoms with Crippen LogP contribution in [0, 0.1) is 0 Å². The van der Waals surface area contributed by atoms with E-state index in [-0.39, 0.29) is 39.8 Å². The second kappa shape index (κ2) is 15.3. The minimum absolute atomic E-state index is 0. The van der Waals surface area contributed by atoms with Crippen LogP contribution in [0.1, 0.15) is 28.6 Å². The van der Waals surface area contributed by atoms with Crippen LogP contribution in [-0.4, -0.2) is 62.5 Å². The fourth-order valence-electron chi connectivity index (χ4n) is 2.31. The summed E-state index contributed by atoms with van der Waals surface area (Å²) in [6, 6.07) is 0. The molecule has 8 heteroatoms. The van der Waals surface area contributed by atoms with E-state index in [1.54, 1.807) is 11.8 Å². The Bertz CT molecular complexity index is 610. The molecule has 166 valence electrons. The Labute approximate surface area is 174 Å². The maximum absolute atomic E-state index is 12.8. The molecule has 1 unspecified atom stereocenters. The Balaban J connectivity index is 0. The number of rotatable bonds is 11. The molecule has 0 spiro atoms. The summed E-state index contributed by atoms with van der Waals surface area (Å²) in [6.45, 7) is 17.9. The third-order valence-electron chi connectivity index (χ3n) is 3.61. The maximum atomic E-state index is 12.8. The first-order valence-corrected chi connectivity index (χ1v) is 9.61. The third kappa shape index (κ3) is 11.7. The van der Waals surface area contributed by atoms with E-state index in [0.717, 1.165) is 6.08 Å². The molecule has 0 bridgehead atoms. The van der Waals surface area contributed by atoms with Crippen molar-refractivity contribution in [2.45, 2.75) is 33.3 Å². The maximum Gasteiger partial charge on any atom is 0.407 e. The molecule has 1 fully saturated rings. The summed E-state index contributed by atoms with van der Waals surface area (Å²) in [7, 11) is 0. The highest BCUT2D eigenvalue weighted by molar-refractivity contribution is 5.87. The van der Waals surface area contributed by atoms with Gasteiger partial charge in [0.05, 0.1) is 19.8 Å². The molecule has 1 aliphatic rings. The number of halogens is 1. The number of carbonyl (C=O) groups is 2. The van der Waals surface area contributed by atoms with Crippen molar-refractivity contribution in [2.75, 3.05) is 39.5 Å². The van der Waals surface area contributed by atoms with E-state index in [1.807, 2.05) is 13.8 Å². The smallest absolute Gasteiger partial charge is 0.407 e. The summed E-state index contributed by atoms with van der Waals surface area (Å²) in [4.78, 5) is 24.8. The second-order valence-corrected chi connectivity index (χ2v) is 5.93. The number of likely N-dealkylation sites (tertiary alicyclic amines) is 1. The van der Waals surface area contributed by atoms with Crippen LogP contribution in [0.3, 0.4) is 0 Å². The van der Waals surface area contributed by atoms with Gasteiger partial charge in [0.2, 0.25) is 5.91 Å². The van der Waals surface area contributed by atoms with E-state index in [0.29, 0.717) is 30.8 Å². The number of hydrogen-bond acceptors (Lipinski definition) is 5. The summed E-state index contributed by atoms with van der Waals surface area (Å²) < 4.78 is 28.7. The van der Waals surface area contributed by atoms with Crippen molar-refractivity contribution in [2.24, 2.45) is 0 Å². The summed E-state index contributed by atoms with van der Waals surface area (Å²) in [5, 5.41) is 2.57. The van der Waals surface area contributed by atoms with Crippen molar-refractivity contribution in [3.63, 3.8) is 0 Å². The Kier molecular flexibility index (Phi) is 13.9. The van der Waals surface area contributed by atoms with Crippen molar-refractivity contribution < 1.29 is 29.6 Å². The van der Waals surface area contributed by atoms with E-state index < -0.39 is 11.9 Å². The van der Waals surface area contributed by atoms with E-state index in [1.165, 1.54) is 6.08 Å². The summed E-state index contributed by atoms with van der Waals surface area (Å²) >= 11 is 0. The monoisotopic (exact) mass is 414 g/mol. The highest BCUT2D eigenvalue weighted by atomic mass is 19.1. The summed E-state index contributed by atoms with van der Waals surface area (Å²) in [6.07, 6.45) is 2.13. The zero-order valence-electron chi connectivity index (χ0n) is 17.7. The van der Waals surface area contributed by atoms with E-state index in [4.69, 9.17) is 14.2 Å². The van der Waals surface area contributed by atoms with Gasteiger partial charge in [-0.2, -0.15) is 0 Å². The molecule has 1 N–H and O–H groups in total. The molecule has 0 aliphatic carbocycles. The largest absolute Gasteiger partial charge is 0.491 e. The number of alkyl carbamates (subject to hydrolysis) is 1. The van der Waals surface area contributed by atoms with Gasteiger partial charge in [0.1, 0.15) is 24.3 Å². The summed E-state index contributed by atoms with van der Waals surface area (Å²) in [5.74, 6) is -0.471. The molecule has 2 amide bonds. The first-order chi connectivity index (χ1) is 13.8. The lowest BCUT2D eigenvalue weighted by molar-refractivity contribution is -0.125. The summed E-state index contributed by atoms with van der Waals surface area (Å²) in [5.41, 5.74) is 0.582. The molecular weight excluding hydrogens is 379 g/mol. The van der Waals surface area contributed by atoms with E-state index in [2.05, 4.69) is 25.1 Å². The average Bonchev–Trinajstić information content (AvgIpc) is 3.15. The van der Waals surface area contributed by atoms with Gasteiger partial charge in [-0.1, -0.05) is 33.6 Å². The topological polar surface area (TPSA) is 77.1 Å². The Hall–Kier alpha value is -2.61. The van der Waals surface area contributed by atoms with Gasteiger partial charge in [0, 0.05) is 27.0 Å². The molecule has 0 saturated carbocycles. The van der Waals surface area contributed by atoms with E-state index in [9.17, 15) is 14.0 Å². The molecular formula is C21H35FN2O5. The standard InChI is InChI=1S/C19H27FN2O5.C2H6.H2/c1-5-18(23)22-8-6-16(13-22)27-19(24)21-7-9-25-10-11-26-17(14(2)3)12-15(4)20;1-2;/h5,12,16H,1-2,4,6-11,13H2,3H3,(H,21,24);1-2H3;1H/b17-12+;;. The SMILES string of the molecule is C=CC(=O)N1CCC(OC(=O)NCCOCCO/C(=C/C(=C)F)C(=C)C)C1.CC.[HH]. The second-order valence-electron chi connectivity index (χ2n) is 5.93. The molecule has 0 aromatic heterocycles. The molecule has 0 aromatic rings. The van der Waals surface area contributed by atoms with Crippen molar-refractivity contribution in [3.05, 3.63) is 49.0 Å².